The highest BCUT2D eigenvalue weighted by atomic mass is 16.6. The van der Waals surface area contributed by atoms with E-state index < -0.39 is 12.1 Å². The molecular formula is C15H17NO5. The van der Waals surface area contributed by atoms with Crippen molar-refractivity contribution in [2.45, 2.75) is 32.8 Å². The predicted molar refractivity (Wildman–Crippen MR) is 75.1 cm³/mol. The van der Waals surface area contributed by atoms with E-state index in [4.69, 9.17) is 9.47 Å². The van der Waals surface area contributed by atoms with Crippen molar-refractivity contribution in [1.82, 2.24) is 0 Å². The number of carbonyl (C=O) groups is 3. The third-order valence-electron chi connectivity index (χ3n) is 3.21. The SMILES string of the molecule is CC(=O)C(C)OC(=O)COc1ccc2c(c1)CCC(=O)N2. The highest BCUT2D eigenvalue weighted by Crippen LogP contribution is 2.26. The summed E-state index contributed by atoms with van der Waals surface area (Å²) in [5, 5.41) is 2.77. The summed E-state index contributed by atoms with van der Waals surface area (Å²) in [6.45, 7) is 2.61. The first-order valence-corrected chi connectivity index (χ1v) is 6.71. The van der Waals surface area contributed by atoms with E-state index in [0.717, 1.165) is 11.3 Å². The third-order valence-corrected chi connectivity index (χ3v) is 3.21. The number of carbonyl (C=O) groups excluding carboxylic acids is 3. The fourth-order valence-electron chi connectivity index (χ4n) is 1.91. The molecule has 1 amide bonds. The number of hydrogen-bond donors (Lipinski definition) is 1. The number of fused-ring (bicyclic) bond motifs is 1. The summed E-state index contributed by atoms with van der Waals surface area (Å²) in [4.78, 5) is 33.7. The van der Waals surface area contributed by atoms with Crippen molar-refractivity contribution in [2.24, 2.45) is 0 Å². The number of ketones is 1. The Labute approximate surface area is 122 Å². The van der Waals surface area contributed by atoms with Crippen LogP contribution in [0.4, 0.5) is 5.69 Å². The van der Waals surface area contributed by atoms with Crippen molar-refractivity contribution < 1.29 is 23.9 Å². The second-order valence-electron chi connectivity index (χ2n) is 4.90. The molecule has 0 aromatic heterocycles. The molecule has 1 N–H and O–H groups in total. The van der Waals surface area contributed by atoms with Gasteiger partial charge in [0.2, 0.25) is 5.91 Å². The lowest BCUT2D eigenvalue weighted by Crippen LogP contribution is -2.25. The summed E-state index contributed by atoms with van der Waals surface area (Å²) < 4.78 is 10.2. The maximum Gasteiger partial charge on any atom is 0.344 e. The van der Waals surface area contributed by atoms with Gasteiger partial charge in [0.05, 0.1) is 0 Å². The maximum atomic E-state index is 11.5. The van der Waals surface area contributed by atoms with Gasteiger partial charge >= 0.3 is 5.97 Å². The molecule has 0 radical (unpaired) electrons. The second-order valence-corrected chi connectivity index (χ2v) is 4.90. The molecule has 6 nitrogen and oxygen atoms in total. The molecule has 112 valence electrons. The quantitative estimate of drug-likeness (QED) is 0.831. The van der Waals surface area contributed by atoms with Crippen LogP contribution in [0, 0.1) is 0 Å². The average Bonchev–Trinajstić information content (AvgIpc) is 2.44. The minimum Gasteiger partial charge on any atom is -0.482 e. The minimum atomic E-state index is -0.764. The lowest BCUT2D eigenvalue weighted by atomic mass is 10.0. The Morgan fingerprint density at radius 1 is 1.33 bits per heavy atom. The van der Waals surface area contributed by atoms with Gasteiger partial charge in [-0.2, -0.15) is 0 Å². The summed E-state index contributed by atoms with van der Waals surface area (Å²) in [7, 11) is 0. The van der Waals surface area contributed by atoms with Crippen molar-refractivity contribution in [3.8, 4) is 5.75 Å². The van der Waals surface area contributed by atoms with Gasteiger partial charge in [-0.25, -0.2) is 4.79 Å². The van der Waals surface area contributed by atoms with E-state index in [-0.39, 0.29) is 18.3 Å². The van der Waals surface area contributed by atoms with Gasteiger partial charge in [-0.05, 0) is 44.0 Å². The molecule has 0 spiro atoms. The molecule has 1 aliphatic heterocycles. The van der Waals surface area contributed by atoms with Crippen LogP contribution in [-0.2, 0) is 25.5 Å². The van der Waals surface area contributed by atoms with Gasteiger partial charge in [0.25, 0.3) is 0 Å². The Balaban J connectivity index is 1.91. The van der Waals surface area contributed by atoms with E-state index in [1.807, 2.05) is 0 Å². The molecular weight excluding hydrogens is 274 g/mol. The number of aryl methyl sites for hydroxylation is 1. The molecule has 1 aliphatic rings. The van der Waals surface area contributed by atoms with Gasteiger partial charge in [0.15, 0.2) is 18.5 Å². The molecule has 1 heterocycles. The van der Waals surface area contributed by atoms with E-state index in [0.29, 0.717) is 18.6 Å². The first-order chi connectivity index (χ1) is 9.95. The summed E-state index contributed by atoms with van der Waals surface area (Å²) in [5.41, 5.74) is 1.74. The van der Waals surface area contributed by atoms with Crippen LogP contribution in [0.1, 0.15) is 25.8 Å². The van der Waals surface area contributed by atoms with Gasteiger partial charge in [-0.1, -0.05) is 0 Å². The largest absolute Gasteiger partial charge is 0.482 e. The topological polar surface area (TPSA) is 81.7 Å². The summed E-state index contributed by atoms with van der Waals surface area (Å²) in [6, 6.07) is 5.20. The minimum absolute atomic E-state index is 0.00188. The molecule has 6 heteroatoms. The van der Waals surface area contributed by atoms with Crippen LogP contribution in [0.15, 0.2) is 18.2 Å². The number of ether oxygens (including phenoxy) is 2. The highest BCUT2D eigenvalue weighted by Gasteiger charge is 2.16. The van der Waals surface area contributed by atoms with Crippen LogP contribution in [0.3, 0.4) is 0 Å². The van der Waals surface area contributed by atoms with Crippen molar-refractivity contribution in [1.29, 1.82) is 0 Å². The molecule has 1 atom stereocenters. The van der Waals surface area contributed by atoms with Crippen LogP contribution in [0.25, 0.3) is 0 Å². The molecule has 0 fully saturated rings. The standard InChI is InChI=1S/C15H17NO5/c1-9(17)10(2)21-15(19)8-20-12-4-5-13-11(7-12)3-6-14(18)16-13/h4-5,7,10H,3,6,8H2,1-2H3,(H,16,18). The third kappa shape index (κ3) is 4.05. The first kappa shape index (κ1) is 15.0. The number of amides is 1. The van der Waals surface area contributed by atoms with E-state index in [2.05, 4.69) is 5.32 Å². The number of benzene rings is 1. The molecule has 1 aromatic rings. The van der Waals surface area contributed by atoms with Crippen LogP contribution in [0.5, 0.6) is 5.75 Å². The number of nitrogens with one attached hydrogen (secondary N) is 1. The number of rotatable bonds is 5. The number of hydrogen-bond acceptors (Lipinski definition) is 5. The molecule has 0 saturated heterocycles. The zero-order valence-electron chi connectivity index (χ0n) is 12.0. The maximum absolute atomic E-state index is 11.5. The van der Waals surface area contributed by atoms with Gasteiger partial charge in [0, 0.05) is 12.1 Å². The molecule has 2 rings (SSSR count). The van der Waals surface area contributed by atoms with Crippen molar-refractivity contribution in [2.75, 3.05) is 11.9 Å². The predicted octanol–water partition coefficient (Wildman–Crippen LogP) is 1.47. The number of esters is 1. The lowest BCUT2D eigenvalue weighted by molar-refractivity contribution is -0.155. The number of anilines is 1. The van der Waals surface area contributed by atoms with Crippen LogP contribution >= 0.6 is 0 Å². The van der Waals surface area contributed by atoms with Crippen molar-refractivity contribution in [3.63, 3.8) is 0 Å². The Bertz CT molecular complexity index is 581. The molecule has 1 aromatic carbocycles. The smallest absolute Gasteiger partial charge is 0.344 e. The van der Waals surface area contributed by atoms with E-state index in [1.165, 1.54) is 13.8 Å². The van der Waals surface area contributed by atoms with Crippen molar-refractivity contribution >= 4 is 23.3 Å². The lowest BCUT2D eigenvalue weighted by Gasteiger charge is -2.17. The van der Waals surface area contributed by atoms with Crippen LogP contribution in [0.2, 0.25) is 0 Å². The Morgan fingerprint density at radius 2 is 2.10 bits per heavy atom. The first-order valence-electron chi connectivity index (χ1n) is 6.71. The van der Waals surface area contributed by atoms with E-state index in [9.17, 15) is 14.4 Å². The molecule has 0 aliphatic carbocycles. The van der Waals surface area contributed by atoms with Gasteiger partial charge in [-0.15, -0.1) is 0 Å². The fourth-order valence-corrected chi connectivity index (χ4v) is 1.91. The summed E-state index contributed by atoms with van der Waals surface area (Å²) in [5.74, 6) is -0.285. The van der Waals surface area contributed by atoms with Crippen LogP contribution in [-0.4, -0.2) is 30.4 Å². The second kappa shape index (κ2) is 6.39. The van der Waals surface area contributed by atoms with Crippen LogP contribution < -0.4 is 10.1 Å². The normalized spacial score (nSPS) is 14.7. The molecule has 0 saturated carbocycles. The summed E-state index contributed by atoms with van der Waals surface area (Å²) in [6.07, 6.45) is 0.318. The monoisotopic (exact) mass is 291 g/mol. The Morgan fingerprint density at radius 3 is 2.81 bits per heavy atom. The van der Waals surface area contributed by atoms with Crippen molar-refractivity contribution in [3.05, 3.63) is 23.8 Å². The molecule has 1 unspecified atom stereocenters. The molecule has 0 bridgehead atoms. The zero-order valence-corrected chi connectivity index (χ0v) is 12.0. The van der Waals surface area contributed by atoms with E-state index in [1.54, 1.807) is 18.2 Å². The Kier molecular flexibility index (Phi) is 4.57. The van der Waals surface area contributed by atoms with Gasteiger partial charge < -0.3 is 14.8 Å². The van der Waals surface area contributed by atoms with Gasteiger partial charge in [-0.3, -0.25) is 9.59 Å². The zero-order chi connectivity index (χ0) is 15.4. The fraction of sp³-hybridized carbons (Fsp3) is 0.400. The molecule has 21 heavy (non-hydrogen) atoms. The number of Topliss-reactive ketones (excluding diaryl/α,β-unsaturated/α-hetero) is 1. The highest BCUT2D eigenvalue weighted by molar-refractivity contribution is 5.94. The Hall–Kier alpha value is -2.37. The summed E-state index contributed by atoms with van der Waals surface area (Å²) >= 11 is 0. The average molecular weight is 291 g/mol. The van der Waals surface area contributed by atoms with Gasteiger partial charge in [0.1, 0.15) is 5.75 Å². The van der Waals surface area contributed by atoms with E-state index >= 15 is 0 Å².